The number of alkyl halides is 3. The van der Waals surface area contributed by atoms with Crippen LogP contribution in [0.4, 0.5) is 24.5 Å². The molecule has 2 aromatic rings. The van der Waals surface area contributed by atoms with Crippen LogP contribution in [0.5, 0.6) is 0 Å². The van der Waals surface area contributed by atoms with Gasteiger partial charge in [-0.15, -0.1) is 0 Å². The number of fused-ring (bicyclic) bond motifs is 1. The summed E-state index contributed by atoms with van der Waals surface area (Å²) in [7, 11) is 0. The van der Waals surface area contributed by atoms with Gasteiger partial charge in [-0.25, -0.2) is 0 Å². The average molecular weight is 350 g/mol. The molecule has 2 aromatic carbocycles. The fraction of sp³-hybridized carbons (Fsp3) is 0.368. The maximum atomic E-state index is 12.8. The minimum atomic E-state index is -4.33. The highest BCUT2D eigenvalue weighted by Gasteiger charge is 2.30. The van der Waals surface area contributed by atoms with Crippen LogP contribution in [0.2, 0.25) is 0 Å². The van der Waals surface area contributed by atoms with Gasteiger partial charge in [-0.2, -0.15) is 13.2 Å². The number of anilines is 2. The lowest BCUT2D eigenvalue weighted by Gasteiger charge is -2.28. The monoisotopic (exact) mass is 350 g/mol. The van der Waals surface area contributed by atoms with Crippen LogP contribution in [0.25, 0.3) is 0 Å². The number of nitrogens with one attached hydrogen (secondary N) is 1. The summed E-state index contributed by atoms with van der Waals surface area (Å²) < 4.78 is 38.5. The van der Waals surface area contributed by atoms with Gasteiger partial charge < -0.3 is 15.3 Å². The Kier molecular flexibility index (Phi) is 5.30. The van der Waals surface area contributed by atoms with E-state index in [1.165, 1.54) is 17.7 Å². The lowest BCUT2D eigenvalue weighted by Crippen LogP contribution is -2.39. The predicted molar refractivity (Wildman–Crippen MR) is 92.1 cm³/mol. The standard InChI is InChI=1S/C19H21F3N2O/c20-19(21,22)15-6-9-17(10-7-15)24-13-16(23-11-12-25)8-5-14-3-1-2-4-18(14)24/h1-4,6-7,9-10,16,23,25H,5,8,11-13H2/t16-/m0/s1. The second-order valence-electron chi connectivity index (χ2n) is 6.20. The van der Waals surface area contributed by atoms with Crippen molar-refractivity contribution in [1.82, 2.24) is 5.32 Å². The molecule has 25 heavy (non-hydrogen) atoms. The van der Waals surface area contributed by atoms with Crippen molar-refractivity contribution < 1.29 is 18.3 Å². The molecule has 3 nitrogen and oxygen atoms in total. The molecule has 0 aromatic heterocycles. The van der Waals surface area contributed by atoms with Gasteiger partial charge in [-0.05, 0) is 48.7 Å². The van der Waals surface area contributed by atoms with E-state index in [-0.39, 0.29) is 12.6 Å². The topological polar surface area (TPSA) is 35.5 Å². The number of hydrogen-bond acceptors (Lipinski definition) is 3. The highest BCUT2D eigenvalue weighted by molar-refractivity contribution is 5.67. The smallest absolute Gasteiger partial charge is 0.395 e. The van der Waals surface area contributed by atoms with Gasteiger partial charge in [0.1, 0.15) is 0 Å². The Labute approximate surface area is 145 Å². The summed E-state index contributed by atoms with van der Waals surface area (Å²) in [5.41, 5.74) is 2.29. The van der Waals surface area contributed by atoms with E-state index in [1.807, 2.05) is 18.2 Å². The first-order chi connectivity index (χ1) is 12.0. The van der Waals surface area contributed by atoms with Crippen LogP contribution in [0.1, 0.15) is 17.5 Å². The maximum absolute atomic E-state index is 12.8. The molecule has 0 radical (unpaired) electrons. The number of aryl methyl sites for hydroxylation is 1. The molecule has 0 bridgehead atoms. The Morgan fingerprint density at radius 2 is 1.80 bits per heavy atom. The number of rotatable bonds is 4. The van der Waals surface area contributed by atoms with Gasteiger partial charge in [0, 0.05) is 30.5 Å². The minimum Gasteiger partial charge on any atom is -0.395 e. The minimum absolute atomic E-state index is 0.0593. The van der Waals surface area contributed by atoms with Crippen LogP contribution < -0.4 is 10.2 Å². The summed E-state index contributed by atoms with van der Waals surface area (Å²) in [6.07, 6.45) is -2.54. The van der Waals surface area contributed by atoms with Crippen molar-refractivity contribution in [1.29, 1.82) is 0 Å². The first-order valence-electron chi connectivity index (χ1n) is 8.36. The van der Waals surface area contributed by atoms with Crippen molar-refractivity contribution in [3.63, 3.8) is 0 Å². The molecule has 0 saturated carbocycles. The third-order valence-electron chi connectivity index (χ3n) is 4.50. The number of hydrogen-bond donors (Lipinski definition) is 2. The SMILES string of the molecule is OCCN[C@H]1CCc2ccccc2N(c2ccc(C(F)(F)F)cc2)C1. The van der Waals surface area contributed by atoms with Crippen LogP contribution >= 0.6 is 0 Å². The summed E-state index contributed by atoms with van der Waals surface area (Å²) in [4.78, 5) is 2.05. The molecule has 6 heteroatoms. The van der Waals surface area contributed by atoms with Crippen molar-refractivity contribution in [2.24, 2.45) is 0 Å². The maximum Gasteiger partial charge on any atom is 0.416 e. The Morgan fingerprint density at radius 3 is 2.48 bits per heavy atom. The Hall–Kier alpha value is -2.05. The van der Waals surface area contributed by atoms with Crippen LogP contribution in [-0.2, 0) is 12.6 Å². The highest BCUT2D eigenvalue weighted by atomic mass is 19.4. The third kappa shape index (κ3) is 4.14. The zero-order valence-corrected chi connectivity index (χ0v) is 13.8. The largest absolute Gasteiger partial charge is 0.416 e. The average Bonchev–Trinajstić information content (AvgIpc) is 2.79. The van der Waals surface area contributed by atoms with E-state index in [2.05, 4.69) is 16.3 Å². The van der Waals surface area contributed by atoms with Crippen molar-refractivity contribution in [2.75, 3.05) is 24.6 Å². The molecule has 0 fully saturated rings. The molecule has 0 unspecified atom stereocenters. The van der Waals surface area contributed by atoms with E-state index in [9.17, 15) is 13.2 Å². The molecule has 0 aliphatic carbocycles. The van der Waals surface area contributed by atoms with Crippen molar-refractivity contribution in [3.05, 3.63) is 59.7 Å². The zero-order chi connectivity index (χ0) is 17.9. The summed E-state index contributed by atoms with van der Waals surface area (Å²) in [6, 6.07) is 13.4. The number of nitrogens with zero attached hydrogens (tertiary/aromatic N) is 1. The van der Waals surface area contributed by atoms with E-state index in [1.54, 1.807) is 0 Å². The summed E-state index contributed by atoms with van der Waals surface area (Å²) in [5, 5.41) is 12.4. The molecule has 1 aliphatic rings. The molecule has 0 spiro atoms. The lowest BCUT2D eigenvalue weighted by atomic mass is 10.1. The quantitative estimate of drug-likeness (QED) is 0.882. The Bertz CT molecular complexity index is 701. The van der Waals surface area contributed by atoms with Crippen LogP contribution in [0, 0.1) is 0 Å². The first-order valence-corrected chi connectivity index (χ1v) is 8.36. The summed E-state index contributed by atoms with van der Waals surface area (Å²) in [6.45, 7) is 1.20. The van der Waals surface area contributed by atoms with Crippen molar-refractivity contribution in [3.8, 4) is 0 Å². The second-order valence-corrected chi connectivity index (χ2v) is 6.20. The number of aliphatic hydroxyl groups is 1. The third-order valence-corrected chi connectivity index (χ3v) is 4.50. The molecule has 0 saturated heterocycles. The molecule has 3 rings (SSSR count). The molecular weight excluding hydrogens is 329 g/mol. The molecule has 2 N–H and O–H groups in total. The van der Waals surface area contributed by atoms with Gasteiger partial charge in [0.2, 0.25) is 0 Å². The Balaban J connectivity index is 1.92. The van der Waals surface area contributed by atoms with Gasteiger partial charge in [-0.1, -0.05) is 18.2 Å². The summed E-state index contributed by atoms with van der Waals surface area (Å²) >= 11 is 0. The van der Waals surface area contributed by atoms with Gasteiger partial charge in [0.25, 0.3) is 0 Å². The highest BCUT2D eigenvalue weighted by Crippen LogP contribution is 2.35. The van der Waals surface area contributed by atoms with E-state index in [4.69, 9.17) is 5.11 Å². The van der Waals surface area contributed by atoms with Gasteiger partial charge in [0.05, 0.1) is 12.2 Å². The van der Waals surface area contributed by atoms with E-state index < -0.39 is 11.7 Å². The summed E-state index contributed by atoms with van der Waals surface area (Å²) in [5.74, 6) is 0. The van der Waals surface area contributed by atoms with Crippen molar-refractivity contribution in [2.45, 2.75) is 25.1 Å². The number of benzene rings is 2. The number of aliphatic hydroxyl groups excluding tert-OH is 1. The predicted octanol–water partition coefficient (Wildman–Crippen LogP) is 3.74. The molecule has 0 amide bonds. The lowest BCUT2D eigenvalue weighted by molar-refractivity contribution is -0.137. The second kappa shape index (κ2) is 7.45. The normalized spacial score (nSPS) is 17.9. The van der Waals surface area contributed by atoms with E-state index in [0.29, 0.717) is 13.1 Å². The first kappa shape index (κ1) is 17.8. The number of para-hydroxylation sites is 1. The van der Waals surface area contributed by atoms with Crippen LogP contribution in [0.3, 0.4) is 0 Å². The van der Waals surface area contributed by atoms with Crippen LogP contribution in [0.15, 0.2) is 48.5 Å². The van der Waals surface area contributed by atoms with E-state index in [0.717, 1.165) is 36.3 Å². The van der Waals surface area contributed by atoms with Gasteiger partial charge in [-0.3, -0.25) is 0 Å². The van der Waals surface area contributed by atoms with Gasteiger partial charge in [0.15, 0.2) is 0 Å². The fourth-order valence-electron chi connectivity index (χ4n) is 3.24. The fourth-order valence-corrected chi connectivity index (χ4v) is 3.24. The molecular formula is C19H21F3N2O. The molecule has 1 aliphatic heterocycles. The van der Waals surface area contributed by atoms with E-state index >= 15 is 0 Å². The molecule has 1 atom stereocenters. The van der Waals surface area contributed by atoms with Crippen LogP contribution in [-0.4, -0.2) is 30.8 Å². The van der Waals surface area contributed by atoms with Crippen molar-refractivity contribution >= 4 is 11.4 Å². The van der Waals surface area contributed by atoms with Gasteiger partial charge >= 0.3 is 6.18 Å². The number of halogens is 3. The zero-order valence-electron chi connectivity index (χ0n) is 13.8. The molecule has 1 heterocycles. The molecule has 134 valence electrons. The Morgan fingerprint density at radius 1 is 1.08 bits per heavy atom.